The molecule has 0 N–H and O–H groups in total. The normalized spacial score (nSPS) is 15.4. The van der Waals surface area contributed by atoms with Crippen LogP contribution in [0, 0.1) is 0 Å². The van der Waals surface area contributed by atoms with Gasteiger partial charge in [-0.3, -0.25) is 9.59 Å². The summed E-state index contributed by atoms with van der Waals surface area (Å²) in [5.41, 5.74) is 3.65. The summed E-state index contributed by atoms with van der Waals surface area (Å²) in [4.78, 5) is 31.5. The Bertz CT molecular complexity index is 1460. The molecule has 0 unspecified atom stereocenters. The first-order valence-corrected chi connectivity index (χ1v) is 9.35. The van der Waals surface area contributed by atoms with Crippen molar-refractivity contribution in [3.8, 4) is 17.1 Å². The first-order chi connectivity index (χ1) is 14.7. The maximum Gasteiger partial charge on any atom is 0.215 e. The van der Waals surface area contributed by atoms with Crippen LogP contribution in [0.2, 0.25) is 0 Å². The predicted octanol–water partition coefficient (Wildman–Crippen LogP) is 4.68. The molecule has 0 amide bonds. The molecule has 1 heterocycles. The summed E-state index contributed by atoms with van der Waals surface area (Å²) in [6, 6.07) is 17.8. The van der Waals surface area contributed by atoms with Crippen LogP contribution >= 0.6 is 0 Å². The Morgan fingerprint density at radius 2 is 1.57 bits per heavy atom. The Hall–Kier alpha value is -4.32. The summed E-state index contributed by atoms with van der Waals surface area (Å²) >= 11 is 0. The summed E-state index contributed by atoms with van der Waals surface area (Å²) in [5, 5.41) is 8.71. The highest BCUT2D eigenvalue weighted by molar-refractivity contribution is 6.52. The lowest BCUT2D eigenvalue weighted by atomic mass is 9.87. The second-order valence-electron chi connectivity index (χ2n) is 7.04. The predicted molar refractivity (Wildman–Crippen MR) is 111 cm³/mol. The van der Waals surface area contributed by atoms with Gasteiger partial charge in [0.25, 0.3) is 0 Å². The zero-order chi connectivity index (χ0) is 20.2. The van der Waals surface area contributed by atoms with Crippen molar-refractivity contribution in [2.24, 2.45) is 5.16 Å². The molecule has 6 rings (SSSR count). The molecule has 0 radical (unpaired) electrons. The number of rotatable bonds is 2. The molecule has 2 aliphatic rings. The van der Waals surface area contributed by atoms with Crippen LogP contribution in [0.4, 0.5) is 0 Å². The first-order valence-electron chi connectivity index (χ1n) is 9.35. The number of Topliss-reactive ketones (excluding diaryl/α,β-unsaturated/α-hetero) is 1. The standard InChI is InChI=1S/C24H12N2O4/c27-22-14-6-2-1-5-13(14)9-10-18(22)26-29-19-12-11-17-20-21(19)23(28)15-7-3-4-8-16(15)24(20)30-25-17/h1-12H. The van der Waals surface area contributed by atoms with Crippen molar-refractivity contribution in [2.75, 3.05) is 0 Å². The first kappa shape index (κ1) is 16.6. The van der Waals surface area contributed by atoms with Crippen LogP contribution in [-0.2, 0) is 0 Å². The Morgan fingerprint density at radius 1 is 0.800 bits per heavy atom. The molecular formula is C24H12N2O4. The number of allylic oxidation sites excluding steroid dienone is 1. The number of hydrogen-bond acceptors (Lipinski definition) is 6. The number of benzene rings is 3. The van der Waals surface area contributed by atoms with Gasteiger partial charge in [0, 0.05) is 16.7 Å². The monoisotopic (exact) mass is 392 g/mol. The zero-order valence-corrected chi connectivity index (χ0v) is 15.5. The third kappa shape index (κ3) is 2.24. The molecule has 0 fully saturated rings. The summed E-state index contributed by atoms with van der Waals surface area (Å²) in [6.45, 7) is 0. The lowest BCUT2D eigenvalue weighted by Crippen LogP contribution is -2.18. The van der Waals surface area contributed by atoms with Gasteiger partial charge < -0.3 is 9.36 Å². The van der Waals surface area contributed by atoms with Crippen molar-refractivity contribution in [1.82, 2.24) is 5.16 Å². The summed E-state index contributed by atoms with van der Waals surface area (Å²) < 4.78 is 5.52. The van der Waals surface area contributed by atoms with E-state index in [9.17, 15) is 9.59 Å². The highest BCUT2D eigenvalue weighted by Gasteiger charge is 2.32. The van der Waals surface area contributed by atoms with E-state index in [1.165, 1.54) is 0 Å². The number of fused-ring (bicyclic) bond motifs is 3. The fourth-order valence-electron chi connectivity index (χ4n) is 3.92. The van der Waals surface area contributed by atoms with Gasteiger partial charge >= 0.3 is 0 Å². The van der Waals surface area contributed by atoms with Crippen molar-refractivity contribution >= 4 is 34.3 Å². The highest BCUT2D eigenvalue weighted by atomic mass is 16.6. The highest BCUT2D eigenvalue weighted by Crippen LogP contribution is 2.42. The molecule has 0 bridgehead atoms. The van der Waals surface area contributed by atoms with Crippen molar-refractivity contribution < 1.29 is 18.9 Å². The zero-order valence-electron chi connectivity index (χ0n) is 15.5. The van der Waals surface area contributed by atoms with E-state index < -0.39 is 0 Å². The number of hydrogen-bond donors (Lipinski definition) is 0. The molecular weight excluding hydrogens is 380 g/mol. The minimum Gasteiger partial charge on any atom is -0.355 e. The Morgan fingerprint density at radius 3 is 2.43 bits per heavy atom. The fraction of sp³-hybridized carbons (Fsp3) is 0. The Kier molecular flexibility index (Phi) is 3.37. The SMILES string of the molecule is O=C1C(=NOc2ccc3noc4c3c2C(=O)c2ccccc2-4)C=Cc2ccccc21. The van der Waals surface area contributed by atoms with Gasteiger partial charge in [-0.1, -0.05) is 64.9 Å². The maximum atomic E-state index is 13.2. The van der Waals surface area contributed by atoms with Gasteiger partial charge in [0.2, 0.25) is 5.78 Å². The second-order valence-corrected chi connectivity index (χ2v) is 7.04. The van der Waals surface area contributed by atoms with Gasteiger partial charge in [-0.25, -0.2) is 0 Å². The number of oxime groups is 1. The molecule has 0 spiro atoms. The van der Waals surface area contributed by atoms with Crippen LogP contribution < -0.4 is 4.84 Å². The average molecular weight is 392 g/mol. The molecule has 142 valence electrons. The molecule has 0 atom stereocenters. The minimum atomic E-state index is -0.231. The van der Waals surface area contributed by atoms with Gasteiger partial charge in [0.1, 0.15) is 5.52 Å². The van der Waals surface area contributed by atoms with Crippen LogP contribution in [0.3, 0.4) is 0 Å². The van der Waals surface area contributed by atoms with E-state index in [4.69, 9.17) is 9.36 Å². The molecule has 2 aliphatic carbocycles. The van der Waals surface area contributed by atoms with E-state index in [-0.39, 0.29) is 23.0 Å². The topological polar surface area (TPSA) is 81.8 Å². The number of aromatic nitrogens is 1. The van der Waals surface area contributed by atoms with E-state index in [0.717, 1.165) is 5.56 Å². The van der Waals surface area contributed by atoms with Gasteiger partial charge in [-0.2, -0.15) is 0 Å². The van der Waals surface area contributed by atoms with E-state index in [1.807, 2.05) is 30.3 Å². The van der Waals surface area contributed by atoms with Crippen molar-refractivity contribution in [2.45, 2.75) is 0 Å². The van der Waals surface area contributed by atoms with Crippen LogP contribution in [-0.4, -0.2) is 22.4 Å². The van der Waals surface area contributed by atoms with Crippen molar-refractivity contribution in [1.29, 1.82) is 0 Å². The Balaban J connectivity index is 1.46. The molecule has 3 aromatic carbocycles. The molecule has 0 saturated heterocycles. The average Bonchev–Trinajstić information content (AvgIpc) is 3.22. The molecule has 6 heteroatoms. The van der Waals surface area contributed by atoms with Gasteiger partial charge in [-0.05, 0) is 23.8 Å². The smallest absolute Gasteiger partial charge is 0.215 e. The lowest BCUT2D eigenvalue weighted by Gasteiger charge is -2.16. The third-order valence-corrected chi connectivity index (χ3v) is 5.35. The number of nitrogens with zero attached hydrogens (tertiary/aromatic N) is 2. The largest absolute Gasteiger partial charge is 0.355 e. The van der Waals surface area contributed by atoms with Crippen LogP contribution in [0.25, 0.3) is 28.3 Å². The van der Waals surface area contributed by atoms with Gasteiger partial charge in [0.05, 0.1) is 10.9 Å². The van der Waals surface area contributed by atoms with Crippen LogP contribution in [0.15, 0.2) is 76.4 Å². The molecule has 0 aliphatic heterocycles. The Labute approximate surface area is 170 Å². The van der Waals surface area contributed by atoms with Gasteiger partial charge in [0.15, 0.2) is 23.0 Å². The van der Waals surface area contributed by atoms with Crippen LogP contribution in [0.5, 0.6) is 5.75 Å². The van der Waals surface area contributed by atoms with Crippen molar-refractivity contribution in [3.63, 3.8) is 0 Å². The van der Waals surface area contributed by atoms with Gasteiger partial charge in [-0.15, -0.1) is 0 Å². The maximum absolute atomic E-state index is 13.2. The van der Waals surface area contributed by atoms with E-state index in [0.29, 0.717) is 38.9 Å². The summed E-state index contributed by atoms with van der Waals surface area (Å²) in [7, 11) is 0. The molecule has 6 nitrogen and oxygen atoms in total. The second kappa shape index (κ2) is 6.09. The number of carbonyl (C=O) groups is 2. The third-order valence-electron chi connectivity index (χ3n) is 5.35. The molecule has 1 aromatic heterocycles. The minimum absolute atomic E-state index is 0.162. The van der Waals surface area contributed by atoms with E-state index >= 15 is 0 Å². The van der Waals surface area contributed by atoms with E-state index in [1.54, 1.807) is 42.5 Å². The summed E-state index contributed by atoms with van der Waals surface area (Å²) in [5.74, 6) is 0.345. The number of ketones is 2. The fourth-order valence-corrected chi connectivity index (χ4v) is 3.92. The molecule has 30 heavy (non-hydrogen) atoms. The van der Waals surface area contributed by atoms with Crippen molar-refractivity contribution in [3.05, 3.63) is 89.0 Å². The quantitative estimate of drug-likeness (QED) is 0.407. The summed E-state index contributed by atoms with van der Waals surface area (Å²) in [6.07, 6.45) is 3.42. The molecule has 0 saturated carbocycles. The number of carbonyl (C=O) groups excluding carboxylic acids is 2. The van der Waals surface area contributed by atoms with Crippen LogP contribution in [0.1, 0.15) is 31.8 Å². The lowest BCUT2D eigenvalue weighted by molar-refractivity contribution is 0.103. The van der Waals surface area contributed by atoms with E-state index in [2.05, 4.69) is 10.3 Å². The molecule has 4 aromatic rings.